The van der Waals surface area contributed by atoms with E-state index in [1.54, 1.807) is 12.4 Å². The van der Waals surface area contributed by atoms with Crippen molar-refractivity contribution < 1.29 is 0 Å². The largest absolute Gasteiger partial charge is 0.389 e. The molecule has 0 bridgehead atoms. The Labute approximate surface area is 65.1 Å². The van der Waals surface area contributed by atoms with Gasteiger partial charge in [-0.1, -0.05) is 12.2 Å². The van der Waals surface area contributed by atoms with Crippen molar-refractivity contribution in [3.8, 4) is 0 Å². The van der Waals surface area contributed by atoms with E-state index >= 15 is 0 Å². The summed E-state index contributed by atoms with van der Waals surface area (Å²) < 4.78 is 0. The fourth-order valence-electron chi connectivity index (χ4n) is 0.626. The van der Waals surface area contributed by atoms with Crippen molar-refractivity contribution in [2.45, 2.75) is 6.92 Å². The maximum absolute atomic E-state index is 5.34. The summed E-state index contributed by atoms with van der Waals surface area (Å²) in [6, 6.07) is 2.98. The second-order valence-corrected chi connectivity index (χ2v) is 2.43. The summed E-state index contributed by atoms with van der Waals surface area (Å²) in [5.41, 5.74) is 7.00. The standard InChI is InChI=1S/C7H7N2S/c1-5-2-6(7(8)10)4-9-3-5/h3-4H,1H3,(H2,8,10). The van der Waals surface area contributed by atoms with E-state index in [1.807, 2.05) is 6.92 Å². The van der Waals surface area contributed by atoms with Gasteiger partial charge >= 0.3 is 0 Å². The van der Waals surface area contributed by atoms with Gasteiger partial charge in [-0.3, -0.25) is 4.98 Å². The normalized spacial score (nSPS) is 9.30. The third-order valence-electron chi connectivity index (χ3n) is 1.07. The minimum Gasteiger partial charge on any atom is -0.389 e. The monoisotopic (exact) mass is 151 g/mol. The topological polar surface area (TPSA) is 38.9 Å². The molecule has 3 heteroatoms. The Bertz CT molecular complexity index is 258. The molecular weight excluding hydrogens is 144 g/mol. The quantitative estimate of drug-likeness (QED) is 0.604. The molecule has 1 heterocycles. The minimum atomic E-state index is 0.344. The van der Waals surface area contributed by atoms with Gasteiger partial charge in [0, 0.05) is 18.0 Å². The Morgan fingerprint density at radius 3 is 2.80 bits per heavy atom. The number of thiocarbonyl (C=S) groups is 1. The van der Waals surface area contributed by atoms with E-state index in [4.69, 9.17) is 18.0 Å². The van der Waals surface area contributed by atoms with Crippen LogP contribution in [-0.4, -0.2) is 9.97 Å². The molecule has 0 aliphatic heterocycles. The molecule has 0 fully saturated rings. The van der Waals surface area contributed by atoms with Gasteiger partial charge in [-0.05, 0) is 18.6 Å². The summed E-state index contributed by atoms with van der Waals surface area (Å²) in [5.74, 6) is 0. The highest BCUT2D eigenvalue weighted by molar-refractivity contribution is 7.80. The maximum atomic E-state index is 5.34. The fourth-order valence-corrected chi connectivity index (χ4v) is 0.730. The number of hydrogen-bond donors (Lipinski definition) is 1. The number of pyridine rings is 1. The smallest absolute Gasteiger partial charge is 0.106 e. The third kappa shape index (κ3) is 1.51. The predicted octanol–water partition coefficient (Wildman–Crippen LogP) is 0.824. The molecule has 0 atom stereocenters. The lowest BCUT2D eigenvalue weighted by Gasteiger charge is -1.95. The van der Waals surface area contributed by atoms with Gasteiger partial charge in [0.1, 0.15) is 4.99 Å². The second-order valence-electron chi connectivity index (χ2n) is 1.99. The first-order valence-electron chi connectivity index (χ1n) is 2.84. The third-order valence-corrected chi connectivity index (χ3v) is 1.29. The van der Waals surface area contributed by atoms with Gasteiger partial charge in [-0.2, -0.15) is 0 Å². The Hall–Kier alpha value is -0.960. The number of rotatable bonds is 1. The fraction of sp³-hybridized carbons (Fsp3) is 0.143. The summed E-state index contributed by atoms with van der Waals surface area (Å²) in [4.78, 5) is 4.25. The van der Waals surface area contributed by atoms with Crippen molar-refractivity contribution in [2.24, 2.45) is 5.73 Å². The summed E-state index contributed by atoms with van der Waals surface area (Å²) >= 11 is 4.73. The molecule has 51 valence electrons. The van der Waals surface area contributed by atoms with Crippen molar-refractivity contribution in [2.75, 3.05) is 0 Å². The number of aromatic nitrogens is 1. The van der Waals surface area contributed by atoms with Crippen LogP contribution < -0.4 is 5.73 Å². The van der Waals surface area contributed by atoms with E-state index in [0.29, 0.717) is 10.6 Å². The van der Waals surface area contributed by atoms with Crippen LogP contribution in [0.2, 0.25) is 0 Å². The van der Waals surface area contributed by atoms with Crippen LogP contribution in [0.15, 0.2) is 12.4 Å². The van der Waals surface area contributed by atoms with Crippen LogP contribution in [0.1, 0.15) is 11.1 Å². The van der Waals surface area contributed by atoms with Crippen molar-refractivity contribution in [3.63, 3.8) is 0 Å². The highest BCUT2D eigenvalue weighted by atomic mass is 32.1. The van der Waals surface area contributed by atoms with Crippen LogP contribution in [0.3, 0.4) is 0 Å². The average molecular weight is 151 g/mol. The molecule has 1 radical (unpaired) electrons. The van der Waals surface area contributed by atoms with E-state index in [9.17, 15) is 0 Å². The SMILES string of the molecule is Cc1[c]c(C(N)=S)cnc1. The Morgan fingerprint density at radius 1 is 1.70 bits per heavy atom. The molecule has 1 aromatic heterocycles. The van der Waals surface area contributed by atoms with E-state index in [-0.39, 0.29) is 0 Å². The molecule has 0 spiro atoms. The van der Waals surface area contributed by atoms with Crippen LogP contribution in [0.25, 0.3) is 0 Å². The lowest BCUT2D eigenvalue weighted by atomic mass is 10.2. The van der Waals surface area contributed by atoms with Crippen molar-refractivity contribution in [1.29, 1.82) is 0 Å². The van der Waals surface area contributed by atoms with Crippen molar-refractivity contribution in [1.82, 2.24) is 4.98 Å². The van der Waals surface area contributed by atoms with Crippen LogP contribution in [0, 0.1) is 13.0 Å². The number of hydrogen-bond acceptors (Lipinski definition) is 2. The molecule has 1 aromatic rings. The molecular formula is C7H7N2S. The first-order chi connectivity index (χ1) is 4.70. The van der Waals surface area contributed by atoms with Crippen LogP contribution >= 0.6 is 12.2 Å². The minimum absolute atomic E-state index is 0.344. The average Bonchev–Trinajstić information content (AvgIpc) is 1.88. The Balaban J connectivity index is 3.07. The first kappa shape index (κ1) is 7.15. The molecule has 1 rings (SSSR count). The summed E-state index contributed by atoms with van der Waals surface area (Å²) in [6.45, 7) is 1.90. The van der Waals surface area contributed by atoms with Gasteiger partial charge in [0.05, 0.1) is 0 Å². The van der Waals surface area contributed by atoms with Crippen molar-refractivity contribution >= 4 is 17.2 Å². The van der Waals surface area contributed by atoms with E-state index in [0.717, 1.165) is 5.56 Å². The molecule has 2 N–H and O–H groups in total. The lowest BCUT2D eigenvalue weighted by molar-refractivity contribution is 1.25. The zero-order valence-corrected chi connectivity index (χ0v) is 6.40. The van der Waals surface area contributed by atoms with Crippen LogP contribution in [0.4, 0.5) is 0 Å². The molecule has 0 saturated heterocycles. The van der Waals surface area contributed by atoms with Gasteiger partial charge < -0.3 is 5.73 Å². The Morgan fingerprint density at radius 2 is 2.40 bits per heavy atom. The first-order valence-corrected chi connectivity index (χ1v) is 3.24. The second kappa shape index (κ2) is 2.75. The summed E-state index contributed by atoms with van der Waals surface area (Å²) in [6.07, 6.45) is 3.32. The number of nitrogens with two attached hydrogens (primary N) is 1. The summed E-state index contributed by atoms with van der Waals surface area (Å²) in [5, 5.41) is 0. The number of aryl methyl sites for hydroxylation is 1. The molecule has 2 nitrogen and oxygen atoms in total. The molecule has 0 aromatic carbocycles. The van der Waals surface area contributed by atoms with Crippen molar-refractivity contribution in [3.05, 3.63) is 29.6 Å². The van der Waals surface area contributed by atoms with Gasteiger partial charge in [0.2, 0.25) is 0 Å². The van der Waals surface area contributed by atoms with E-state index < -0.39 is 0 Å². The summed E-state index contributed by atoms with van der Waals surface area (Å²) in [7, 11) is 0. The molecule has 0 amide bonds. The molecule has 0 aliphatic rings. The Kier molecular flexibility index (Phi) is 1.97. The van der Waals surface area contributed by atoms with Gasteiger partial charge in [0.25, 0.3) is 0 Å². The predicted molar refractivity (Wildman–Crippen MR) is 43.7 cm³/mol. The molecule has 0 unspecified atom stereocenters. The van der Waals surface area contributed by atoms with Gasteiger partial charge in [0.15, 0.2) is 0 Å². The molecule has 10 heavy (non-hydrogen) atoms. The highest BCUT2D eigenvalue weighted by Crippen LogP contribution is 1.98. The van der Waals surface area contributed by atoms with E-state index in [1.165, 1.54) is 0 Å². The number of nitrogens with zero attached hydrogens (tertiary/aromatic N) is 1. The molecule has 0 aliphatic carbocycles. The molecule has 0 saturated carbocycles. The lowest BCUT2D eigenvalue weighted by Crippen LogP contribution is -2.09. The van der Waals surface area contributed by atoms with Gasteiger partial charge in [-0.15, -0.1) is 0 Å². The zero-order chi connectivity index (χ0) is 7.56. The van der Waals surface area contributed by atoms with Crippen LogP contribution in [-0.2, 0) is 0 Å². The van der Waals surface area contributed by atoms with Crippen LogP contribution in [0.5, 0.6) is 0 Å². The highest BCUT2D eigenvalue weighted by Gasteiger charge is 1.95. The van der Waals surface area contributed by atoms with Gasteiger partial charge in [-0.25, -0.2) is 0 Å². The van der Waals surface area contributed by atoms with E-state index in [2.05, 4.69) is 11.1 Å². The maximum Gasteiger partial charge on any atom is 0.106 e. The zero-order valence-electron chi connectivity index (χ0n) is 5.59.